The smallest absolute Gasteiger partial charge is 0.262 e. The molecule has 3 aromatic heterocycles. The van der Waals surface area contributed by atoms with Gasteiger partial charge in [-0.05, 0) is 50.2 Å². The lowest BCUT2D eigenvalue weighted by atomic mass is 10.1. The number of aryl methyl sites for hydroxylation is 2. The highest BCUT2D eigenvalue weighted by molar-refractivity contribution is 6.04. The number of benzene rings is 1. The number of hydrogen-bond acceptors (Lipinski definition) is 3. The van der Waals surface area contributed by atoms with Gasteiger partial charge in [0.05, 0.1) is 10.9 Å². The lowest BCUT2D eigenvalue weighted by Crippen LogP contribution is -2.22. The summed E-state index contributed by atoms with van der Waals surface area (Å²) in [5.74, 6) is 0. The fraction of sp³-hybridized carbons (Fsp3) is 0.222. The summed E-state index contributed by atoms with van der Waals surface area (Å²) in [6.07, 6.45) is 4.76. The van der Waals surface area contributed by atoms with Crippen LogP contribution in [-0.4, -0.2) is 25.9 Å². The number of nitrogens with one attached hydrogen (secondary N) is 1. The van der Waals surface area contributed by atoms with E-state index in [0.29, 0.717) is 18.5 Å². The average molecular weight is 321 g/mol. The molecule has 0 unspecified atom stereocenters. The topological polar surface area (TPSA) is 81.6 Å². The molecule has 24 heavy (non-hydrogen) atoms. The summed E-state index contributed by atoms with van der Waals surface area (Å²) in [4.78, 5) is 12.9. The second-order valence-corrected chi connectivity index (χ2v) is 5.96. The van der Waals surface area contributed by atoms with Gasteiger partial charge in [0.1, 0.15) is 5.52 Å². The minimum absolute atomic E-state index is 0.00841. The van der Waals surface area contributed by atoms with Gasteiger partial charge in [-0.3, -0.25) is 9.89 Å². The molecule has 0 amide bonds. The highest BCUT2D eigenvalue weighted by atomic mass is 16.1. The van der Waals surface area contributed by atoms with Gasteiger partial charge < -0.3 is 14.9 Å². The van der Waals surface area contributed by atoms with E-state index in [-0.39, 0.29) is 5.56 Å². The molecule has 0 spiro atoms. The van der Waals surface area contributed by atoms with Crippen molar-refractivity contribution in [3.05, 3.63) is 58.8 Å². The van der Waals surface area contributed by atoms with Gasteiger partial charge >= 0.3 is 0 Å². The normalized spacial score (nSPS) is 11.6. The molecule has 3 heterocycles. The third-order valence-corrected chi connectivity index (χ3v) is 4.42. The summed E-state index contributed by atoms with van der Waals surface area (Å²) in [5, 5.41) is 8.96. The van der Waals surface area contributed by atoms with Crippen LogP contribution in [0.2, 0.25) is 0 Å². The van der Waals surface area contributed by atoms with E-state index in [1.807, 2.05) is 52.7 Å². The molecule has 1 aromatic carbocycles. The second kappa shape index (κ2) is 5.65. The molecule has 3 N–H and O–H groups in total. The molecule has 4 rings (SSSR count). The quantitative estimate of drug-likeness (QED) is 0.605. The van der Waals surface area contributed by atoms with Crippen LogP contribution in [0.15, 0.2) is 47.5 Å². The highest BCUT2D eigenvalue weighted by Gasteiger charge is 2.15. The van der Waals surface area contributed by atoms with E-state index in [2.05, 4.69) is 16.3 Å². The van der Waals surface area contributed by atoms with Crippen LogP contribution in [0.4, 0.5) is 0 Å². The zero-order valence-electron chi connectivity index (χ0n) is 13.5. The van der Waals surface area contributed by atoms with E-state index in [0.717, 1.165) is 34.2 Å². The van der Waals surface area contributed by atoms with Gasteiger partial charge in [0.15, 0.2) is 0 Å². The molecule has 122 valence electrons. The summed E-state index contributed by atoms with van der Waals surface area (Å²) in [5.41, 5.74) is 9.09. The van der Waals surface area contributed by atoms with Crippen molar-refractivity contribution in [2.75, 3.05) is 6.54 Å². The van der Waals surface area contributed by atoms with Crippen LogP contribution in [-0.2, 0) is 6.54 Å². The summed E-state index contributed by atoms with van der Waals surface area (Å²) >= 11 is 0. The van der Waals surface area contributed by atoms with E-state index < -0.39 is 0 Å². The Balaban J connectivity index is 2.08. The van der Waals surface area contributed by atoms with E-state index in [1.165, 1.54) is 0 Å². The number of H-pyrrole nitrogens is 1. The molecule has 4 aromatic rings. The van der Waals surface area contributed by atoms with Crippen LogP contribution in [0, 0.1) is 6.92 Å². The zero-order chi connectivity index (χ0) is 16.7. The van der Waals surface area contributed by atoms with Gasteiger partial charge in [-0.25, -0.2) is 0 Å². The largest absolute Gasteiger partial charge is 0.330 e. The summed E-state index contributed by atoms with van der Waals surface area (Å²) < 4.78 is 3.85. The van der Waals surface area contributed by atoms with Gasteiger partial charge in [-0.2, -0.15) is 5.10 Å². The summed E-state index contributed by atoms with van der Waals surface area (Å²) in [7, 11) is 0. The summed E-state index contributed by atoms with van der Waals surface area (Å²) in [6.45, 7) is 3.04. The maximum absolute atomic E-state index is 12.9. The Hall–Kier alpha value is -2.86. The number of fused-ring (bicyclic) bond motifs is 3. The maximum Gasteiger partial charge on any atom is 0.262 e. The fourth-order valence-corrected chi connectivity index (χ4v) is 3.22. The Morgan fingerprint density at radius 2 is 2.04 bits per heavy atom. The van der Waals surface area contributed by atoms with Crippen molar-refractivity contribution in [1.29, 1.82) is 0 Å². The van der Waals surface area contributed by atoms with Gasteiger partial charge in [0.2, 0.25) is 0 Å². The van der Waals surface area contributed by atoms with Crippen molar-refractivity contribution in [3.63, 3.8) is 0 Å². The van der Waals surface area contributed by atoms with E-state index in [9.17, 15) is 4.79 Å². The first-order valence-corrected chi connectivity index (χ1v) is 8.05. The van der Waals surface area contributed by atoms with Crippen LogP contribution in [0.1, 0.15) is 12.1 Å². The van der Waals surface area contributed by atoms with E-state index in [1.54, 1.807) is 0 Å². The summed E-state index contributed by atoms with van der Waals surface area (Å²) in [6, 6.07) is 10.1. The van der Waals surface area contributed by atoms with Gasteiger partial charge in [0.25, 0.3) is 5.56 Å². The third-order valence-electron chi connectivity index (χ3n) is 4.42. The predicted octanol–water partition coefficient (Wildman–Crippen LogP) is 2.33. The minimum atomic E-state index is -0.00841. The molecular formula is C18H19N5O. The molecule has 0 atom stereocenters. The average Bonchev–Trinajstić information content (AvgIpc) is 3.24. The first-order valence-electron chi connectivity index (χ1n) is 8.05. The van der Waals surface area contributed by atoms with Crippen molar-refractivity contribution in [3.8, 4) is 5.69 Å². The molecular weight excluding hydrogens is 302 g/mol. The van der Waals surface area contributed by atoms with Crippen LogP contribution in [0.5, 0.6) is 0 Å². The Kier molecular flexibility index (Phi) is 3.46. The number of aromatic amines is 1. The third kappa shape index (κ3) is 2.15. The molecule has 0 saturated carbocycles. The second-order valence-electron chi connectivity index (χ2n) is 5.96. The molecule has 6 heteroatoms. The predicted molar refractivity (Wildman–Crippen MR) is 95.6 cm³/mol. The Morgan fingerprint density at radius 3 is 2.79 bits per heavy atom. The first-order chi connectivity index (χ1) is 11.7. The van der Waals surface area contributed by atoms with Crippen molar-refractivity contribution in [2.24, 2.45) is 5.73 Å². The van der Waals surface area contributed by atoms with Crippen LogP contribution in [0.3, 0.4) is 0 Å². The SMILES string of the molecule is Cc1[nH]nc2c1c(=O)n(CCCN)c1ccc(-n3cccc3)cc21. The number of aromatic nitrogens is 4. The van der Waals surface area contributed by atoms with Crippen molar-refractivity contribution >= 4 is 21.8 Å². The van der Waals surface area contributed by atoms with E-state index in [4.69, 9.17) is 5.73 Å². The molecule has 0 saturated heterocycles. The van der Waals surface area contributed by atoms with Crippen LogP contribution < -0.4 is 11.3 Å². The minimum Gasteiger partial charge on any atom is -0.330 e. The maximum atomic E-state index is 12.9. The number of hydrogen-bond donors (Lipinski definition) is 2. The highest BCUT2D eigenvalue weighted by Crippen LogP contribution is 2.25. The van der Waals surface area contributed by atoms with Gasteiger partial charge in [-0.1, -0.05) is 0 Å². The van der Waals surface area contributed by atoms with Crippen molar-refractivity contribution < 1.29 is 0 Å². The molecule has 0 fully saturated rings. The number of pyridine rings is 1. The monoisotopic (exact) mass is 321 g/mol. The standard InChI is InChI=1S/C18H19N5O/c1-12-16-17(21-20-12)14-11-13(22-8-2-3-9-22)5-6-15(14)23(18(16)24)10-4-7-19/h2-3,5-6,8-9,11H,4,7,10,19H2,1H3,(H,20,21). The van der Waals surface area contributed by atoms with Gasteiger partial charge in [0, 0.05) is 35.7 Å². The van der Waals surface area contributed by atoms with Gasteiger partial charge in [-0.15, -0.1) is 0 Å². The molecule has 6 nitrogen and oxygen atoms in total. The Labute approximate surface area is 138 Å². The van der Waals surface area contributed by atoms with Crippen molar-refractivity contribution in [2.45, 2.75) is 19.9 Å². The van der Waals surface area contributed by atoms with E-state index >= 15 is 0 Å². The van der Waals surface area contributed by atoms with Crippen molar-refractivity contribution in [1.82, 2.24) is 19.3 Å². The first kappa shape index (κ1) is 14.7. The van der Waals surface area contributed by atoms with Crippen LogP contribution in [0.25, 0.3) is 27.5 Å². The Morgan fingerprint density at radius 1 is 1.25 bits per heavy atom. The fourth-order valence-electron chi connectivity index (χ4n) is 3.22. The molecule has 0 aliphatic heterocycles. The van der Waals surface area contributed by atoms with Crippen LogP contribution >= 0.6 is 0 Å². The Bertz CT molecular complexity index is 1070. The molecule has 0 aliphatic carbocycles. The molecule has 0 radical (unpaired) electrons. The molecule has 0 aliphatic rings. The number of nitrogens with zero attached hydrogens (tertiary/aromatic N) is 3. The lowest BCUT2D eigenvalue weighted by molar-refractivity contribution is 0.654. The zero-order valence-corrected chi connectivity index (χ0v) is 13.5. The number of rotatable bonds is 4. The number of nitrogens with two attached hydrogens (primary N) is 1. The lowest BCUT2D eigenvalue weighted by Gasteiger charge is -2.12. The molecule has 0 bridgehead atoms.